The number of carbonyl (C=O) groups is 4. The molecule has 3 aromatic rings. The van der Waals surface area contributed by atoms with E-state index in [-0.39, 0.29) is 30.8 Å². The maximum absolute atomic E-state index is 14.5. The van der Waals surface area contributed by atoms with E-state index in [0.29, 0.717) is 34.2 Å². The number of carbonyl (C=O) groups excluding carboxylic acids is 4. The van der Waals surface area contributed by atoms with Crippen LogP contribution in [0.25, 0.3) is 22.3 Å². The number of rotatable bonds is 10. The number of benzene rings is 1. The van der Waals surface area contributed by atoms with Gasteiger partial charge in [0.25, 0.3) is 0 Å². The topological polar surface area (TPSA) is 166 Å². The number of Topliss-reactive ketones (excluding diaryl/α,β-unsaturated/α-hetero) is 1. The molecule has 2 saturated carbocycles. The van der Waals surface area contributed by atoms with Crippen LogP contribution >= 0.6 is 11.3 Å². The van der Waals surface area contributed by atoms with Crippen molar-refractivity contribution in [3.63, 3.8) is 0 Å². The minimum absolute atomic E-state index is 0.0650. The number of alkyl carbamates (subject to hydrolysis) is 1. The van der Waals surface area contributed by atoms with Gasteiger partial charge in [0, 0.05) is 29.2 Å². The van der Waals surface area contributed by atoms with Gasteiger partial charge in [-0.05, 0) is 69.1 Å². The Bertz CT molecular complexity index is 1830. The molecule has 50 heavy (non-hydrogen) atoms. The molecule has 3 heterocycles. The highest BCUT2D eigenvalue weighted by Crippen LogP contribution is 2.45. The third-order valence-corrected chi connectivity index (χ3v) is 10.8. The van der Waals surface area contributed by atoms with E-state index >= 15 is 0 Å². The second kappa shape index (κ2) is 13.7. The SMILES string of the molecule is C=C[C@@H]1C[C@]1(NC(=O)[C@@H]1C[C@@H](Oc2cc(-c3csc(N)n3)nc3cc(C)ccc23)CN1C(=O)[C@@H](NC(=O)OC1CCCC1)C(C)(C)C)C(C)=O. The molecular weight excluding hydrogens is 657 g/mol. The fraction of sp³-hybridized carbons (Fsp3) is 0.514. The van der Waals surface area contributed by atoms with Crippen LogP contribution in [0.4, 0.5) is 9.93 Å². The summed E-state index contributed by atoms with van der Waals surface area (Å²) in [6, 6.07) is 5.69. The number of anilines is 1. The third-order valence-electron chi connectivity index (χ3n) is 10.1. The van der Waals surface area contributed by atoms with Crippen LogP contribution in [0.15, 0.2) is 42.3 Å². The predicted octanol–water partition coefficient (Wildman–Crippen LogP) is 5.33. The lowest BCUT2D eigenvalue weighted by atomic mass is 9.85. The Kier molecular flexibility index (Phi) is 9.64. The average Bonchev–Trinajstić information content (AvgIpc) is 3.44. The van der Waals surface area contributed by atoms with E-state index < -0.39 is 47.0 Å². The third kappa shape index (κ3) is 7.19. The number of aromatic nitrogens is 2. The summed E-state index contributed by atoms with van der Waals surface area (Å²) in [6.07, 6.45) is 4.39. The van der Waals surface area contributed by atoms with Crippen LogP contribution in [0.5, 0.6) is 5.75 Å². The van der Waals surface area contributed by atoms with E-state index in [2.05, 4.69) is 22.2 Å². The summed E-state index contributed by atoms with van der Waals surface area (Å²) in [6.45, 7) is 12.9. The number of fused-ring (bicyclic) bond motifs is 1. The molecule has 2 aromatic heterocycles. The van der Waals surface area contributed by atoms with Crippen molar-refractivity contribution in [2.75, 3.05) is 12.3 Å². The first-order chi connectivity index (χ1) is 23.7. The van der Waals surface area contributed by atoms with Crippen LogP contribution in [0.1, 0.15) is 71.8 Å². The van der Waals surface area contributed by atoms with Crippen LogP contribution in [-0.4, -0.2) is 74.9 Å². The number of aryl methyl sites for hydroxylation is 1. The molecule has 12 nitrogen and oxygen atoms in total. The van der Waals surface area contributed by atoms with Crippen molar-refractivity contribution in [2.45, 2.75) is 103 Å². The largest absolute Gasteiger partial charge is 0.488 e. The summed E-state index contributed by atoms with van der Waals surface area (Å²) >= 11 is 1.31. The van der Waals surface area contributed by atoms with Crippen molar-refractivity contribution in [1.29, 1.82) is 0 Å². The van der Waals surface area contributed by atoms with Crippen molar-refractivity contribution < 1.29 is 28.7 Å². The zero-order valence-corrected chi connectivity index (χ0v) is 30.1. The Morgan fingerprint density at radius 3 is 2.48 bits per heavy atom. The van der Waals surface area contributed by atoms with Crippen LogP contribution in [0.2, 0.25) is 0 Å². The normalized spacial score (nSPS) is 24.1. The van der Waals surface area contributed by atoms with Gasteiger partial charge >= 0.3 is 6.09 Å². The zero-order chi connectivity index (χ0) is 36.0. The molecule has 1 aliphatic heterocycles. The highest BCUT2D eigenvalue weighted by Gasteiger charge is 2.59. The lowest BCUT2D eigenvalue weighted by Gasteiger charge is -2.35. The lowest BCUT2D eigenvalue weighted by molar-refractivity contribution is -0.142. The fourth-order valence-corrected chi connectivity index (χ4v) is 7.69. The van der Waals surface area contributed by atoms with Gasteiger partial charge in [0.1, 0.15) is 41.3 Å². The highest BCUT2D eigenvalue weighted by molar-refractivity contribution is 7.13. The van der Waals surface area contributed by atoms with Gasteiger partial charge in [0.05, 0.1) is 17.8 Å². The number of likely N-dealkylation sites (tertiary alicyclic amines) is 1. The summed E-state index contributed by atoms with van der Waals surface area (Å²) in [5.74, 6) is -0.736. The molecule has 3 fully saturated rings. The van der Waals surface area contributed by atoms with Gasteiger partial charge in [-0.1, -0.05) is 32.9 Å². The average molecular weight is 703 g/mol. The Balaban J connectivity index is 1.31. The number of nitrogens with zero attached hydrogens (tertiary/aromatic N) is 3. The van der Waals surface area contributed by atoms with Gasteiger partial charge in [-0.3, -0.25) is 14.4 Å². The molecule has 0 unspecified atom stereocenters. The number of nitrogen functional groups attached to an aromatic ring is 1. The van der Waals surface area contributed by atoms with E-state index in [1.807, 2.05) is 51.3 Å². The lowest BCUT2D eigenvalue weighted by Crippen LogP contribution is -2.59. The van der Waals surface area contributed by atoms with Gasteiger partial charge in [-0.15, -0.1) is 17.9 Å². The highest BCUT2D eigenvalue weighted by atomic mass is 32.1. The van der Waals surface area contributed by atoms with Crippen molar-refractivity contribution in [3.05, 3.63) is 47.9 Å². The summed E-state index contributed by atoms with van der Waals surface area (Å²) in [7, 11) is 0. The van der Waals surface area contributed by atoms with Crippen LogP contribution in [0, 0.1) is 18.3 Å². The van der Waals surface area contributed by atoms with E-state index in [0.717, 1.165) is 36.6 Å². The van der Waals surface area contributed by atoms with Crippen molar-refractivity contribution in [2.24, 2.45) is 11.3 Å². The summed E-state index contributed by atoms with van der Waals surface area (Å²) in [4.78, 5) is 65.1. The second-order valence-electron chi connectivity index (χ2n) is 14.9. The van der Waals surface area contributed by atoms with E-state index in [9.17, 15) is 19.2 Å². The number of ether oxygens (including phenoxy) is 2. The summed E-state index contributed by atoms with van der Waals surface area (Å²) in [5, 5.41) is 8.79. The molecule has 2 aliphatic carbocycles. The Hall–Kier alpha value is -4.52. The van der Waals surface area contributed by atoms with E-state index in [1.165, 1.54) is 23.2 Å². The van der Waals surface area contributed by atoms with Crippen molar-refractivity contribution in [3.8, 4) is 17.1 Å². The molecule has 0 radical (unpaired) electrons. The first-order valence-corrected chi connectivity index (χ1v) is 18.1. The number of nitrogens with two attached hydrogens (primary N) is 1. The Morgan fingerprint density at radius 1 is 1.12 bits per heavy atom. The molecular formula is C37H46N6O6S. The Labute approximate surface area is 296 Å². The molecule has 0 spiro atoms. The quantitative estimate of drug-likeness (QED) is 0.237. The fourth-order valence-electron chi connectivity index (χ4n) is 7.13. The zero-order valence-electron chi connectivity index (χ0n) is 29.3. The minimum atomic E-state index is -1.05. The monoisotopic (exact) mass is 702 g/mol. The smallest absolute Gasteiger partial charge is 0.408 e. The molecule has 0 bridgehead atoms. The van der Waals surface area contributed by atoms with Gasteiger partial charge in [-0.25, -0.2) is 14.8 Å². The molecule has 3 amide bonds. The van der Waals surface area contributed by atoms with Gasteiger partial charge in [0.2, 0.25) is 11.8 Å². The minimum Gasteiger partial charge on any atom is -0.488 e. The number of nitrogens with one attached hydrogen (secondary N) is 2. The number of pyridine rings is 1. The number of thiazole rings is 1. The number of ketones is 1. The number of hydrogen-bond acceptors (Lipinski definition) is 10. The predicted molar refractivity (Wildman–Crippen MR) is 192 cm³/mol. The maximum atomic E-state index is 14.5. The molecule has 1 aromatic carbocycles. The van der Waals surface area contributed by atoms with E-state index in [4.69, 9.17) is 20.2 Å². The van der Waals surface area contributed by atoms with Crippen LogP contribution in [0.3, 0.4) is 0 Å². The van der Waals surface area contributed by atoms with E-state index in [1.54, 1.807) is 12.1 Å². The molecule has 266 valence electrons. The molecule has 6 rings (SSSR count). The van der Waals surface area contributed by atoms with Gasteiger partial charge in [0.15, 0.2) is 10.9 Å². The van der Waals surface area contributed by atoms with Gasteiger partial charge in [-0.2, -0.15) is 0 Å². The standard InChI is InChI=1S/C37H46N6O6S/c1-7-22-17-37(22,21(3)44)42-32(45)29-15-24(18-43(29)33(46)31(36(4,5)6)41-35(47)49-23-10-8-9-11-23)48-30-16-27(28-19-50-34(38)40-28)39-26-14-20(2)12-13-25(26)30/h7,12-14,16,19,22-24,29,31H,1,8-11,15,17-18H2,2-6H3,(H2,38,40)(H,41,47)(H,42,45)/t22-,24-,29+,31-,37+/m1/s1. The van der Waals surface area contributed by atoms with Gasteiger partial charge < -0.3 is 30.7 Å². The van der Waals surface area contributed by atoms with Crippen molar-refractivity contribution in [1.82, 2.24) is 25.5 Å². The molecule has 5 atom stereocenters. The number of amides is 3. The summed E-state index contributed by atoms with van der Waals surface area (Å²) < 4.78 is 12.3. The molecule has 4 N–H and O–H groups in total. The first kappa shape index (κ1) is 35.3. The maximum Gasteiger partial charge on any atom is 0.408 e. The first-order valence-electron chi connectivity index (χ1n) is 17.2. The number of hydrogen-bond donors (Lipinski definition) is 3. The Morgan fingerprint density at radius 2 is 1.86 bits per heavy atom. The van der Waals surface area contributed by atoms with Crippen molar-refractivity contribution >= 4 is 51.1 Å². The van der Waals surface area contributed by atoms with Crippen LogP contribution < -0.4 is 21.1 Å². The van der Waals surface area contributed by atoms with Crippen LogP contribution in [-0.2, 0) is 19.1 Å². The molecule has 1 saturated heterocycles. The second-order valence-corrected chi connectivity index (χ2v) is 15.8. The summed E-state index contributed by atoms with van der Waals surface area (Å²) in [5.41, 5.74) is 7.07. The molecule has 13 heteroatoms. The molecule has 3 aliphatic rings.